The van der Waals surface area contributed by atoms with Crippen LogP contribution in [-0.2, 0) is 0 Å². The molecule has 4 aromatic heterocycles. The molecule has 0 aliphatic carbocycles. The monoisotopic (exact) mass is 712 g/mol. The minimum Gasteiger partial charge on any atom is -0.507 e. The fraction of sp³-hybridized carbons (Fsp3) is 0.0204. The number of thiophene rings is 1. The molecule has 0 aliphatic rings. The van der Waals surface area contributed by atoms with Gasteiger partial charge in [-0.2, -0.15) is 0 Å². The van der Waals surface area contributed by atoms with Gasteiger partial charge in [0.2, 0.25) is 0 Å². The van der Waals surface area contributed by atoms with Gasteiger partial charge >= 0.3 is 0 Å². The average Bonchev–Trinajstić information content (AvgIpc) is 3.80. The Labute approximate surface area is 316 Å². The van der Waals surface area contributed by atoms with E-state index in [9.17, 15) is 5.11 Å². The van der Waals surface area contributed by atoms with Crippen LogP contribution in [0.25, 0.3) is 98.5 Å². The zero-order valence-corrected chi connectivity index (χ0v) is 30.1. The van der Waals surface area contributed by atoms with Crippen molar-refractivity contribution in [2.75, 3.05) is 0 Å². The van der Waals surface area contributed by atoms with E-state index in [-0.39, 0.29) is 5.75 Å². The molecule has 0 amide bonds. The normalized spacial score (nSPS) is 11.5. The van der Waals surface area contributed by atoms with Gasteiger partial charge in [-0.05, 0) is 95.9 Å². The van der Waals surface area contributed by atoms with Crippen molar-refractivity contribution >= 4 is 43.4 Å². The highest BCUT2D eigenvalue weighted by atomic mass is 32.1. The van der Waals surface area contributed by atoms with Crippen molar-refractivity contribution in [2.45, 2.75) is 6.92 Å². The molecule has 5 heteroatoms. The van der Waals surface area contributed by atoms with Gasteiger partial charge in [-0.25, -0.2) is 4.98 Å². The van der Waals surface area contributed by atoms with E-state index < -0.39 is 0 Å². The van der Waals surface area contributed by atoms with E-state index in [1.807, 2.05) is 54.6 Å². The molecule has 0 fully saturated rings. The summed E-state index contributed by atoms with van der Waals surface area (Å²) >= 11 is 1.81. The lowest BCUT2D eigenvalue weighted by Crippen LogP contribution is -1.93. The summed E-state index contributed by atoms with van der Waals surface area (Å²) in [4.78, 5) is 11.4. The van der Waals surface area contributed by atoms with Gasteiger partial charge in [0.25, 0.3) is 0 Å². The second-order valence-corrected chi connectivity index (χ2v) is 14.6. The van der Waals surface area contributed by atoms with Crippen molar-refractivity contribution < 1.29 is 9.52 Å². The summed E-state index contributed by atoms with van der Waals surface area (Å²) < 4.78 is 7.57. The molecule has 4 heterocycles. The number of benzene rings is 6. The molecule has 6 aromatic carbocycles. The number of hydrogen-bond donors (Lipinski definition) is 1. The lowest BCUT2D eigenvalue weighted by Gasteiger charge is -2.13. The SMILES string of the molecule is Cc1cc(-c2sc3ccccc3c2-c2ccc3c(c2)oc2ccccc23)cc(-c2cccc(-c3cc(-c4ccccc4)cc(-c4ccccc4O)n3)c2)n1. The van der Waals surface area contributed by atoms with Crippen molar-refractivity contribution in [2.24, 2.45) is 0 Å². The summed E-state index contributed by atoms with van der Waals surface area (Å²) in [6.07, 6.45) is 0. The third-order valence-electron chi connectivity index (χ3n) is 10.0. The van der Waals surface area contributed by atoms with Gasteiger partial charge in [0.1, 0.15) is 16.9 Å². The highest BCUT2D eigenvalue weighted by Gasteiger charge is 2.19. The largest absolute Gasteiger partial charge is 0.507 e. The van der Waals surface area contributed by atoms with E-state index in [1.165, 1.54) is 20.5 Å². The number of phenols is 1. The van der Waals surface area contributed by atoms with Gasteiger partial charge in [-0.15, -0.1) is 11.3 Å². The number of furan rings is 1. The zero-order chi connectivity index (χ0) is 36.2. The molecule has 4 nitrogen and oxygen atoms in total. The first-order valence-electron chi connectivity index (χ1n) is 17.9. The van der Waals surface area contributed by atoms with E-state index in [4.69, 9.17) is 14.4 Å². The number of aromatic hydroxyl groups is 1. The van der Waals surface area contributed by atoms with Crippen LogP contribution in [-0.4, -0.2) is 15.1 Å². The number of para-hydroxylation sites is 2. The molecule has 10 rings (SSSR count). The third kappa shape index (κ3) is 5.63. The quantitative estimate of drug-likeness (QED) is 0.186. The van der Waals surface area contributed by atoms with Crippen LogP contribution >= 0.6 is 11.3 Å². The molecule has 0 saturated heterocycles. The number of aryl methyl sites for hydroxylation is 1. The zero-order valence-electron chi connectivity index (χ0n) is 29.3. The van der Waals surface area contributed by atoms with E-state index in [2.05, 4.69) is 116 Å². The Bertz CT molecular complexity index is 3030. The molecule has 10 aromatic rings. The number of aromatic nitrogens is 2. The van der Waals surface area contributed by atoms with Gasteiger partial charge in [-0.1, -0.05) is 103 Å². The first-order valence-corrected chi connectivity index (χ1v) is 18.8. The molecular formula is C49H32N2O2S. The Hall–Kier alpha value is -6.82. The van der Waals surface area contributed by atoms with Crippen LogP contribution in [0, 0.1) is 6.92 Å². The standard InChI is InChI=1S/C49H32N2O2S/c1-30-24-36(49-48(40-18-7-10-21-47(40)54-49)34-22-23-38-37-16-6-9-20-45(37)53-46(38)29-34)28-41(50-30)32-14-11-15-33(25-32)42-26-35(31-12-3-2-4-13-31)27-43(51-42)39-17-5-8-19-44(39)52/h2-29,52H,1H3. The highest BCUT2D eigenvalue weighted by Crippen LogP contribution is 2.47. The maximum absolute atomic E-state index is 10.8. The summed E-state index contributed by atoms with van der Waals surface area (Å²) in [5.74, 6) is 0.199. The number of fused-ring (bicyclic) bond motifs is 4. The Kier molecular flexibility index (Phi) is 7.67. The number of nitrogens with zero attached hydrogens (tertiary/aromatic N) is 2. The molecule has 54 heavy (non-hydrogen) atoms. The molecule has 256 valence electrons. The molecule has 0 bridgehead atoms. The predicted molar refractivity (Wildman–Crippen MR) is 224 cm³/mol. The number of rotatable bonds is 6. The van der Waals surface area contributed by atoms with Crippen LogP contribution in [0.3, 0.4) is 0 Å². The highest BCUT2D eigenvalue weighted by molar-refractivity contribution is 7.23. The topological polar surface area (TPSA) is 59.2 Å². The maximum Gasteiger partial charge on any atom is 0.136 e. The first-order chi connectivity index (χ1) is 26.6. The second kappa shape index (κ2) is 13.0. The Morgan fingerprint density at radius 3 is 1.98 bits per heavy atom. The first kappa shape index (κ1) is 31.9. The molecular weight excluding hydrogens is 681 g/mol. The Morgan fingerprint density at radius 1 is 0.463 bits per heavy atom. The van der Waals surface area contributed by atoms with Crippen molar-refractivity contribution in [1.29, 1.82) is 0 Å². The van der Waals surface area contributed by atoms with Crippen LogP contribution in [0.2, 0.25) is 0 Å². The summed E-state index contributed by atoms with van der Waals surface area (Å²) in [5.41, 5.74) is 13.3. The van der Waals surface area contributed by atoms with Crippen molar-refractivity contribution in [1.82, 2.24) is 9.97 Å². The van der Waals surface area contributed by atoms with Gasteiger partial charge in [0, 0.05) is 53.7 Å². The molecule has 0 aliphatic heterocycles. The van der Waals surface area contributed by atoms with E-state index >= 15 is 0 Å². The van der Waals surface area contributed by atoms with Crippen molar-refractivity contribution in [3.05, 3.63) is 176 Å². The molecule has 0 unspecified atom stereocenters. The van der Waals surface area contributed by atoms with Gasteiger partial charge in [0.05, 0.1) is 17.1 Å². The molecule has 0 radical (unpaired) electrons. The fourth-order valence-corrected chi connectivity index (χ4v) is 8.72. The summed E-state index contributed by atoms with van der Waals surface area (Å²) in [6.45, 7) is 2.06. The lowest BCUT2D eigenvalue weighted by molar-refractivity contribution is 0.477. The van der Waals surface area contributed by atoms with E-state index in [0.717, 1.165) is 72.4 Å². The van der Waals surface area contributed by atoms with E-state index in [1.54, 1.807) is 17.4 Å². The minimum absolute atomic E-state index is 0.199. The van der Waals surface area contributed by atoms with Gasteiger partial charge in [0.15, 0.2) is 0 Å². The Morgan fingerprint density at radius 2 is 1.13 bits per heavy atom. The van der Waals surface area contributed by atoms with E-state index in [0.29, 0.717) is 11.3 Å². The predicted octanol–water partition coefficient (Wildman–Crippen LogP) is 13.6. The third-order valence-corrected chi connectivity index (χ3v) is 11.3. The molecule has 0 spiro atoms. The summed E-state index contributed by atoms with van der Waals surface area (Å²) in [6, 6.07) is 58.1. The number of hydrogen-bond acceptors (Lipinski definition) is 5. The van der Waals surface area contributed by atoms with Crippen LogP contribution < -0.4 is 0 Å². The molecule has 0 saturated carbocycles. The van der Waals surface area contributed by atoms with Crippen molar-refractivity contribution in [3.8, 4) is 72.2 Å². The maximum atomic E-state index is 10.8. The molecule has 1 N–H and O–H groups in total. The lowest BCUT2D eigenvalue weighted by atomic mass is 9.96. The second-order valence-electron chi connectivity index (χ2n) is 13.6. The average molecular weight is 713 g/mol. The van der Waals surface area contributed by atoms with Gasteiger partial charge < -0.3 is 9.52 Å². The summed E-state index contributed by atoms with van der Waals surface area (Å²) in [7, 11) is 0. The van der Waals surface area contributed by atoms with Crippen LogP contribution in [0.15, 0.2) is 174 Å². The number of phenolic OH excluding ortho intramolecular Hbond substituents is 1. The van der Waals surface area contributed by atoms with Crippen molar-refractivity contribution in [3.63, 3.8) is 0 Å². The van der Waals surface area contributed by atoms with Crippen LogP contribution in [0.5, 0.6) is 5.75 Å². The summed E-state index contributed by atoms with van der Waals surface area (Å²) in [5, 5.41) is 14.3. The smallest absolute Gasteiger partial charge is 0.136 e. The Balaban J connectivity index is 1.10. The van der Waals surface area contributed by atoms with Crippen LogP contribution in [0.4, 0.5) is 0 Å². The van der Waals surface area contributed by atoms with Gasteiger partial charge in [-0.3, -0.25) is 4.98 Å². The fourth-order valence-electron chi connectivity index (χ4n) is 7.51. The minimum atomic E-state index is 0.199. The molecule has 0 atom stereocenters. The number of pyridine rings is 2. The van der Waals surface area contributed by atoms with Crippen LogP contribution in [0.1, 0.15) is 5.69 Å².